The van der Waals surface area contributed by atoms with Crippen molar-refractivity contribution in [2.24, 2.45) is 5.73 Å². The van der Waals surface area contributed by atoms with Crippen LogP contribution in [-0.4, -0.2) is 10.2 Å². The van der Waals surface area contributed by atoms with Crippen molar-refractivity contribution in [1.29, 1.82) is 0 Å². The van der Waals surface area contributed by atoms with Gasteiger partial charge in [0.1, 0.15) is 0 Å². The van der Waals surface area contributed by atoms with Crippen LogP contribution in [0.15, 0.2) is 11.9 Å². The SMILES string of the molecule is C=C(N)[SiH3]. The molecule has 0 fully saturated rings. The van der Waals surface area contributed by atoms with E-state index in [4.69, 9.17) is 5.73 Å². The second-order valence-corrected chi connectivity index (χ2v) is 2.13. The van der Waals surface area contributed by atoms with E-state index in [0.29, 0.717) is 0 Å². The highest BCUT2D eigenvalue weighted by molar-refractivity contribution is 6.20. The van der Waals surface area contributed by atoms with Crippen LogP contribution in [0.1, 0.15) is 0 Å². The molecule has 0 spiro atoms. The van der Waals surface area contributed by atoms with Crippen molar-refractivity contribution in [3.63, 3.8) is 0 Å². The molecule has 0 amide bonds. The van der Waals surface area contributed by atoms with Crippen LogP contribution in [0.2, 0.25) is 0 Å². The molecule has 0 rings (SSSR count). The van der Waals surface area contributed by atoms with Crippen molar-refractivity contribution in [3.05, 3.63) is 11.9 Å². The first-order valence-corrected chi connectivity index (χ1v) is 2.14. The summed E-state index contributed by atoms with van der Waals surface area (Å²) in [7, 11) is 0.932. The maximum atomic E-state index is 4.98. The van der Waals surface area contributed by atoms with E-state index in [2.05, 4.69) is 6.58 Å². The molecule has 0 radical (unpaired) electrons. The molecule has 0 atom stereocenters. The molecule has 0 bridgehead atoms. The molecule has 1 nitrogen and oxygen atoms in total. The summed E-state index contributed by atoms with van der Waals surface area (Å²) in [6.07, 6.45) is 0. The molecule has 0 aromatic heterocycles. The topological polar surface area (TPSA) is 26.0 Å². The molecule has 0 saturated carbocycles. The van der Waals surface area contributed by atoms with Crippen LogP contribution in [0.25, 0.3) is 0 Å². The molecule has 2 heteroatoms. The van der Waals surface area contributed by atoms with Gasteiger partial charge in [-0.3, -0.25) is 0 Å². The van der Waals surface area contributed by atoms with Crippen molar-refractivity contribution < 1.29 is 0 Å². The van der Waals surface area contributed by atoms with Gasteiger partial charge in [-0.2, -0.15) is 0 Å². The van der Waals surface area contributed by atoms with E-state index in [1.54, 1.807) is 0 Å². The fourth-order valence-corrected chi connectivity index (χ4v) is 0. The first-order chi connectivity index (χ1) is 1.73. The van der Waals surface area contributed by atoms with Gasteiger partial charge in [-0.05, 0) is 5.32 Å². The highest BCUT2D eigenvalue weighted by atomic mass is 28.1. The van der Waals surface area contributed by atoms with E-state index in [0.717, 1.165) is 15.6 Å². The lowest BCUT2D eigenvalue weighted by Crippen LogP contribution is -1.89. The van der Waals surface area contributed by atoms with Gasteiger partial charge in [0.05, 0.1) is 10.2 Å². The van der Waals surface area contributed by atoms with Crippen molar-refractivity contribution in [3.8, 4) is 0 Å². The van der Waals surface area contributed by atoms with Gasteiger partial charge in [0, 0.05) is 0 Å². The molecule has 0 saturated heterocycles. The Labute approximate surface area is 28.9 Å². The Balaban J connectivity index is 2.80. The van der Waals surface area contributed by atoms with Gasteiger partial charge in [0.15, 0.2) is 0 Å². The van der Waals surface area contributed by atoms with Gasteiger partial charge in [-0.25, -0.2) is 0 Å². The number of hydrogen-bond donors (Lipinski definition) is 1. The Bertz CT molecular complexity index is 29.0. The van der Waals surface area contributed by atoms with Crippen LogP contribution in [0, 0.1) is 0 Å². The maximum absolute atomic E-state index is 4.98. The van der Waals surface area contributed by atoms with Gasteiger partial charge in [-0.15, -0.1) is 0 Å². The number of hydrogen-bond acceptors (Lipinski definition) is 1. The first kappa shape index (κ1) is 3.76. The minimum Gasteiger partial charge on any atom is -0.407 e. The molecular formula is C2H7NSi. The summed E-state index contributed by atoms with van der Waals surface area (Å²) in [5.41, 5.74) is 4.98. The molecule has 0 aliphatic heterocycles. The third kappa shape index (κ3) is 17.0. The van der Waals surface area contributed by atoms with E-state index in [1.165, 1.54) is 0 Å². The molecule has 2 N–H and O–H groups in total. The first-order valence-electron chi connectivity index (χ1n) is 1.14. The van der Waals surface area contributed by atoms with E-state index in [-0.39, 0.29) is 0 Å². The zero-order chi connectivity index (χ0) is 3.58. The lowest BCUT2D eigenvalue weighted by Gasteiger charge is -1.69. The Morgan fingerprint density at radius 2 is 2.00 bits per heavy atom. The second kappa shape index (κ2) is 1.12. The minimum absolute atomic E-state index is 0.806. The van der Waals surface area contributed by atoms with Crippen LogP contribution in [-0.2, 0) is 0 Å². The van der Waals surface area contributed by atoms with Crippen LogP contribution in [0.4, 0.5) is 0 Å². The predicted octanol–water partition coefficient (Wildman–Crippen LogP) is -1.22. The van der Waals surface area contributed by atoms with Crippen molar-refractivity contribution in [2.45, 2.75) is 0 Å². The predicted molar refractivity (Wildman–Crippen MR) is 23.3 cm³/mol. The monoisotopic (exact) mass is 73.0 g/mol. The fraction of sp³-hybridized carbons (Fsp3) is 0. The highest BCUT2D eigenvalue weighted by Gasteiger charge is 1.50. The molecule has 0 heterocycles. The van der Waals surface area contributed by atoms with E-state index in [9.17, 15) is 0 Å². The normalized spacial score (nSPS) is 7.00. The average molecular weight is 73.2 g/mol. The summed E-state index contributed by atoms with van der Waals surface area (Å²) < 4.78 is 0. The van der Waals surface area contributed by atoms with Crippen molar-refractivity contribution in [1.82, 2.24) is 0 Å². The molecule has 0 aromatic rings. The Hall–Kier alpha value is -0.243. The average Bonchev–Trinajstić information content (AvgIpc) is 0.811. The van der Waals surface area contributed by atoms with Crippen LogP contribution in [0.3, 0.4) is 0 Å². The van der Waals surface area contributed by atoms with Gasteiger partial charge in [0.25, 0.3) is 0 Å². The lowest BCUT2D eigenvalue weighted by molar-refractivity contribution is 1.57. The molecule has 24 valence electrons. The molecule has 4 heavy (non-hydrogen) atoms. The lowest BCUT2D eigenvalue weighted by atomic mass is 11.1. The van der Waals surface area contributed by atoms with E-state index >= 15 is 0 Å². The Kier molecular flexibility index (Phi) is 1.05. The summed E-state index contributed by atoms with van der Waals surface area (Å²) in [5, 5.41) is 0.806. The largest absolute Gasteiger partial charge is 0.407 e. The van der Waals surface area contributed by atoms with Crippen molar-refractivity contribution >= 4 is 10.2 Å². The smallest absolute Gasteiger partial charge is 0.0577 e. The Morgan fingerprint density at radius 3 is 2.00 bits per heavy atom. The summed E-state index contributed by atoms with van der Waals surface area (Å²) in [6.45, 7) is 3.40. The van der Waals surface area contributed by atoms with Gasteiger partial charge in [-0.1, -0.05) is 6.58 Å². The second-order valence-electron chi connectivity index (χ2n) is 0.846. The molecule has 0 aliphatic carbocycles. The third-order valence-electron chi connectivity index (χ3n) is 0. The fourth-order valence-electron chi connectivity index (χ4n) is 0. The van der Waals surface area contributed by atoms with Gasteiger partial charge >= 0.3 is 0 Å². The standard InChI is InChI=1S/C2H7NSi/c1-2(3)4/h1,3H2,4H3. The van der Waals surface area contributed by atoms with Crippen LogP contribution < -0.4 is 5.73 Å². The quantitative estimate of drug-likeness (QED) is 0.357. The van der Waals surface area contributed by atoms with Crippen molar-refractivity contribution in [2.75, 3.05) is 0 Å². The van der Waals surface area contributed by atoms with Gasteiger partial charge < -0.3 is 5.73 Å². The van der Waals surface area contributed by atoms with Crippen LogP contribution in [0.5, 0.6) is 0 Å². The summed E-state index contributed by atoms with van der Waals surface area (Å²) in [5.74, 6) is 0. The number of rotatable bonds is 0. The molecular weight excluding hydrogens is 66.1 g/mol. The Morgan fingerprint density at radius 1 is 2.00 bits per heavy atom. The minimum atomic E-state index is 0.806. The summed E-state index contributed by atoms with van der Waals surface area (Å²) in [6, 6.07) is 0. The van der Waals surface area contributed by atoms with E-state index < -0.39 is 0 Å². The third-order valence-corrected chi connectivity index (χ3v) is 0. The van der Waals surface area contributed by atoms with E-state index in [1.807, 2.05) is 0 Å². The van der Waals surface area contributed by atoms with Gasteiger partial charge in [0.2, 0.25) is 0 Å². The zero-order valence-electron chi connectivity index (χ0n) is 2.78. The number of nitrogens with two attached hydrogens (primary N) is 1. The molecule has 0 aliphatic rings. The highest BCUT2D eigenvalue weighted by Crippen LogP contribution is 1.48. The van der Waals surface area contributed by atoms with Crippen LogP contribution >= 0.6 is 0 Å². The zero-order valence-corrected chi connectivity index (χ0v) is 4.78. The summed E-state index contributed by atoms with van der Waals surface area (Å²) >= 11 is 0. The maximum Gasteiger partial charge on any atom is 0.0577 e. The molecule has 0 aromatic carbocycles. The summed E-state index contributed by atoms with van der Waals surface area (Å²) in [4.78, 5) is 0. The molecule has 0 unspecified atom stereocenters.